The molecule has 8 heteroatoms. The number of nitrogens with two attached hydrogens (primary N) is 1. The van der Waals surface area contributed by atoms with Gasteiger partial charge in [-0.15, -0.1) is 0 Å². The van der Waals surface area contributed by atoms with Crippen molar-refractivity contribution in [2.24, 2.45) is 11.7 Å². The second-order valence-corrected chi connectivity index (χ2v) is 8.27. The minimum absolute atomic E-state index is 0.127. The SMILES string of the molecule is CCOC(=O)C1CCCN(c2cnc3cc(CN)c(-c4ccc(Cl)cc4Cl)cn23)C1. The average Bonchev–Trinajstić information content (AvgIpc) is 3.16. The number of piperidine rings is 1. The fourth-order valence-electron chi connectivity index (χ4n) is 4.04. The fraction of sp³-hybridized carbons (Fsp3) is 0.364. The van der Waals surface area contributed by atoms with Crippen LogP contribution >= 0.6 is 23.2 Å². The van der Waals surface area contributed by atoms with E-state index in [2.05, 4.69) is 9.88 Å². The molecule has 158 valence electrons. The van der Waals surface area contributed by atoms with E-state index in [-0.39, 0.29) is 11.9 Å². The Labute approximate surface area is 185 Å². The van der Waals surface area contributed by atoms with Crippen LogP contribution in [0.3, 0.4) is 0 Å². The van der Waals surface area contributed by atoms with Crippen LogP contribution in [0.5, 0.6) is 0 Å². The number of hydrogen-bond acceptors (Lipinski definition) is 5. The van der Waals surface area contributed by atoms with Crippen LogP contribution < -0.4 is 10.6 Å². The van der Waals surface area contributed by atoms with Gasteiger partial charge in [0, 0.05) is 47.0 Å². The number of carbonyl (C=O) groups is 1. The van der Waals surface area contributed by atoms with Gasteiger partial charge in [-0.25, -0.2) is 4.98 Å². The summed E-state index contributed by atoms with van der Waals surface area (Å²) in [5, 5.41) is 1.15. The van der Waals surface area contributed by atoms with E-state index in [9.17, 15) is 4.79 Å². The van der Waals surface area contributed by atoms with Crippen molar-refractivity contribution in [2.45, 2.75) is 26.3 Å². The van der Waals surface area contributed by atoms with Crippen LogP contribution in [-0.4, -0.2) is 35.1 Å². The van der Waals surface area contributed by atoms with Gasteiger partial charge in [-0.3, -0.25) is 9.20 Å². The molecule has 0 spiro atoms. The predicted molar refractivity (Wildman–Crippen MR) is 120 cm³/mol. The molecule has 1 aromatic carbocycles. The lowest BCUT2D eigenvalue weighted by atomic mass is 9.98. The molecule has 3 aromatic rings. The summed E-state index contributed by atoms with van der Waals surface area (Å²) in [5.41, 5.74) is 9.58. The number of benzene rings is 1. The van der Waals surface area contributed by atoms with Gasteiger partial charge in [0.25, 0.3) is 0 Å². The summed E-state index contributed by atoms with van der Waals surface area (Å²) in [5.74, 6) is 0.682. The van der Waals surface area contributed by atoms with Crippen LogP contribution in [0.25, 0.3) is 16.8 Å². The topological polar surface area (TPSA) is 72.9 Å². The first-order valence-electron chi connectivity index (χ1n) is 10.1. The number of carbonyl (C=O) groups excluding carboxylic acids is 1. The van der Waals surface area contributed by atoms with Crippen molar-refractivity contribution in [3.8, 4) is 11.1 Å². The highest BCUT2D eigenvalue weighted by atomic mass is 35.5. The number of imidazole rings is 1. The van der Waals surface area contributed by atoms with Gasteiger partial charge in [-0.05, 0) is 43.5 Å². The lowest BCUT2D eigenvalue weighted by molar-refractivity contribution is -0.148. The van der Waals surface area contributed by atoms with Crippen molar-refractivity contribution < 1.29 is 9.53 Å². The molecule has 1 fully saturated rings. The molecule has 1 unspecified atom stereocenters. The molecular formula is C22H24Cl2N4O2. The minimum atomic E-state index is -0.130. The third kappa shape index (κ3) is 4.00. The molecule has 2 aromatic heterocycles. The molecule has 30 heavy (non-hydrogen) atoms. The Morgan fingerprint density at radius 2 is 2.13 bits per heavy atom. The Balaban J connectivity index is 1.75. The lowest BCUT2D eigenvalue weighted by Crippen LogP contribution is -2.40. The van der Waals surface area contributed by atoms with E-state index < -0.39 is 0 Å². The van der Waals surface area contributed by atoms with Gasteiger partial charge in [-0.2, -0.15) is 0 Å². The maximum Gasteiger partial charge on any atom is 0.310 e. The highest BCUT2D eigenvalue weighted by Crippen LogP contribution is 2.34. The maximum absolute atomic E-state index is 12.3. The molecule has 1 aliphatic rings. The van der Waals surface area contributed by atoms with Crippen molar-refractivity contribution in [1.82, 2.24) is 9.38 Å². The predicted octanol–water partition coefficient (Wildman–Crippen LogP) is 4.55. The molecule has 6 nitrogen and oxygen atoms in total. The lowest BCUT2D eigenvalue weighted by Gasteiger charge is -2.32. The van der Waals surface area contributed by atoms with E-state index >= 15 is 0 Å². The third-order valence-electron chi connectivity index (χ3n) is 5.52. The molecule has 1 atom stereocenters. The normalized spacial score (nSPS) is 16.8. The highest BCUT2D eigenvalue weighted by molar-refractivity contribution is 6.36. The van der Waals surface area contributed by atoms with E-state index in [1.54, 1.807) is 6.07 Å². The molecule has 4 rings (SSSR count). The number of halogens is 2. The van der Waals surface area contributed by atoms with Crippen LogP contribution in [0, 0.1) is 5.92 Å². The number of nitrogens with zero attached hydrogens (tertiary/aromatic N) is 3. The number of rotatable bonds is 5. The standard InChI is InChI=1S/C22H24Cl2N4O2/c1-2-30-22(29)14-4-3-7-27(12-14)21-11-26-20-8-15(10-25)18(13-28(20)21)17-6-5-16(23)9-19(17)24/h5-6,8-9,11,13-14H,2-4,7,10,12,25H2,1H3. The number of fused-ring (bicyclic) bond motifs is 1. The molecule has 0 bridgehead atoms. The number of aromatic nitrogens is 2. The van der Waals surface area contributed by atoms with Crippen LogP contribution in [0.1, 0.15) is 25.3 Å². The van der Waals surface area contributed by atoms with Gasteiger partial charge in [-0.1, -0.05) is 29.3 Å². The van der Waals surface area contributed by atoms with E-state index in [1.165, 1.54) is 0 Å². The van der Waals surface area contributed by atoms with Crippen LogP contribution in [0.15, 0.2) is 36.7 Å². The van der Waals surface area contributed by atoms with Gasteiger partial charge in [0.1, 0.15) is 11.5 Å². The smallest absolute Gasteiger partial charge is 0.310 e. The Morgan fingerprint density at radius 1 is 1.30 bits per heavy atom. The van der Waals surface area contributed by atoms with E-state index in [4.69, 9.17) is 33.7 Å². The van der Waals surface area contributed by atoms with Crippen LogP contribution in [0.4, 0.5) is 5.82 Å². The zero-order chi connectivity index (χ0) is 21.3. The van der Waals surface area contributed by atoms with Crippen LogP contribution in [0.2, 0.25) is 10.0 Å². The van der Waals surface area contributed by atoms with Gasteiger partial charge in [0.2, 0.25) is 0 Å². The van der Waals surface area contributed by atoms with Gasteiger partial charge in [0.05, 0.1) is 18.7 Å². The molecule has 0 amide bonds. The van der Waals surface area contributed by atoms with Crippen molar-refractivity contribution in [3.05, 3.63) is 52.3 Å². The fourth-order valence-corrected chi connectivity index (χ4v) is 4.55. The summed E-state index contributed by atoms with van der Waals surface area (Å²) in [6.45, 7) is 4.07. The largest absolute Gasteiger partial charge is 0.466 e. The first kappa shape index (κ1) is 21.0. The van der Waals surface area contributed by atoms with Gasteiger partial charge < -0.3 is 15.4 Å². The first-order chi connectivity index (χ1) is 14.5. The summed E-state index contributed by atoms with van der Waals surface area (Å²) in [6.07, 6.45) is 5.63. The third-order valence-corrected chi connectivity index (χ3v) is 6.07. The summed E-state index contributed by atoms with van der Waals surface area (Å²) < 4.78 is 7.27. The number of hydrogen-bond donors (Lipinski definition) is 1. The average molecular weight is 447 g/mol. The number of anilines is 1. The Kier molecular flexibility index (Phi) is 6.18. The molecule has 1 aliphatic heterocycles. The molecule has 1 saturated heterocycles. The number of pyridine rings is 1. The summed E-state index contributed by atoms with van der Waals surface area (Å²) in [6, 6.07) is 7.43. The maximum atomic E-state index is 12.3. The molecule has 0 radical (unpaired) electrons. The van der Waals surface area contributed by atoms with Crippen molar-refractivity contribution in [1.29, 1.82) is 0 Å². The molecule has 0 saturated carbocycles. The monoisotopic (exact) mass is 446 g/mol. The van der Waals surface area contributed by atoms with Crippen molar-refractivity contribution in [3.63, 3.8) is 0 Å². The number of ether oxygens (including phenoxy) is 1. The number of esters is 1. The highest BCUT2D eigenvalue weighted by Gasteiger charge is 2.28. The van der Waals surface area contributed by atoms with Gasteiger partial charge in [0.15, 0.2) is 0 Å². The zero-order valence-electron chi connectivity index (χ0n) is 16.8. The van der Waals surface area contributed by atoms with Gasteiger partial charge >= 0.3 is 5.97 Å². The first-order valence-corrected chi connectivity index (χ1v) is 10.8. The Bertz CT molecular complexity index is 1080. The summed E-state index contributed by atoms with van der Waals surface area (Å²) >= 11 is 12.6. The molecule has 2 N–H and O–H groups in total. The summed E-state index contributed by atoms with van der Waals surface area (Å²) in [7, 11) is 0. The minimum Gasteiger partial charge on any atom is -0.466 e. The molecule has 0 aliphatic carbocycles. The second-order valence-electron chi connectivity index (χ2n) is 7.42. The van der Waals surface area contributed by atoms with E-state index in [0.29, 0.717) is 29.7 Å². The second kappa shape index (κ2) is 8.84. The van der Waals surface area contributed by atoms with E-state index in [1.807, 2.05) is 41.9 Å². The van der Waals surface area contributed by atoms with Crippen LogP contribution in [-0.2, 0) is 16.1 Å². The quantitative estimate of drug-likeness (QED) is 0.582. The molecular weight excluding hydrogens is 423 g/mol. The van der Waals surface area contributed by atoms with Crippen molar-refractivity contribution >= 4 is 40.6 Å². The zero-order valence-corrected chi connectivity index (χ0v) is 18.3. The molecule has 3 heterocycles. The summed E-state index contributed by atoms with van der Waals surface area (Å²) in [4.78, 5) is 19.0. The Hall–Kier alpha value is -2.28. The van der Waals surface area contributed by atoms with E-state index in [0.717, 1.165) is 47.5 Å². The Morgan fingerprint density at radius 3 is 2.87 bits per heavy atom. The van der Waals surface area contributed by atoms with Crippen molar-refractivity contribution in [2.75, 3.05) is 24.6 Å².